The predicted octanol–water partition coefficient (Wildman–Crippen LogP) is 1.20. The van der Waals surface area contributed by atoms with Crippen LogP contribution in [0.25, 0.3) is 0 Å². The van der Waals surface area contributed by atoms with E-state index in [1.165, 1.54) is 0 Å². The van der Waals surface area contributed by atoms with Gasteiger partial charge in [0.15, 0.2) is 0 Å². The second kappa shape index (κ2) is 7.77. The molecular weight excluding hydrogens is 308 g/mol. The molecule has 0 bridgehead atoms. The van der Waals surface area contributed by atoms with Crippen LogP contribution in [-0.2, 0) is 4.79 Å². The van der Waals surface area contributed by atoms with Gasteiger partial charge >= 0.3 is 0 Å². The Balaban J connectivity index is 1.90. The van der Waals surface area contributed by atoms with Crippen LogP contribution < -0.4 is 21.7 Å². The fourth-order valence-electron chi connectivity index (χ4n) is 2.02. The van der Waals surface area contributed by atoms with Gasteiger partial charge in [-0.2, -0.15) is 0 Å². The maximum Gasteiger partial charge on any atom is 0.251 e. The molecule has 7 nitrogen and oxygen atoms in total. The van der Waals surface area contributed by atoms with E-state index in [0.717, 1.165) is 0 Å². The molecule has 24 heavy (non-hydrogen) atoms. The molecule has 0 fully saturated rings. The number of hydrogen-bond donors (Lipinski definition) is 4. The van der Waals surface area contributed by atoms with Crippen LogP contribution in [0, 0.1) is 0 Å². The van der Waals surface area contributed by atoms with Gasteiger partial charge in [0, 0.05) is 29.5 Å². The number of amides is 3. The molecule has 0 aliphatic heterocycles. The van der Waals surface area contributed by atoms with Crippen LogP contribution in [-0.4, -0.2) is 31.3 Å². The third-order valence-electron chi connectivity index (χ3n) is 3.26. The van der Waals surface area contributed by atoms with Gasteiger partial charge in [0.2, 0.25) is 11.8 Å². The summed E-state index contributed by atoms with van der Waals surface area (Å²) in [5.74, 6) is -0.977. The zero-order chi connectivity index (χ0) is 17.5. The quantitative estimate of drug-likeness (QED) is 0.638. The average Bonchev–Trinajstić information content (AvgIpc) is 2.60. The molecule has 2 rings (SSSR count). The highest BCUT2D eigenvalue weighted by molar-refractivity contribution is 5.97. The fraction of sp³-hybridized carbons (Fsp3) is 0.118. The van der Waals surface area contributed by atoms with Crippen molar-refractivity contribution in [2.24, 2.45) is 5.73 Å². The number of carbonyl (C=O) groups is 3. The van der Waals surface area contributed by atoms with Crippen molar-refractivity contribution >= 4 is 29.1 Å². The average molecular weight is 326 g/mol. The molecule has 2 aromatic rings. The first-order chi connectivity index (χ1) is 11.5. The third kappa shape index (κ3) is 4.57. The number of benzene rings is 2. The van der Waals surface area contributed by atoms with Gasteiger partial charge in [-0.25, -0.2) is 0 Å². The molecule has 0 saturated carbocycles. The minimum Gasteiger partial charge on any atom is -0.376 e. The molecule has 0 spiro atoms. The van der Waals surface area contributed by atoms with Crippen molar-refractivity contribution in [3.05, 3.63) is 59.7 Å². The first kappa shape index (κ1) is 17.0. The molecule has 0 saturated heterocycles. The number of anilines is 2. The number of nitrogens with one attached hydrogen (secondary N) is 3. The predicted molar refractivity (Wildman–Crippen MR) is 91.9 cm³/mol. The summed E-state index contributed by atoms with van der Waals surface area (Å²) >= 11 is 0. The Hall–Kier alpha value is -3.35. The molecule has 3 amide bonds. The monoisotopic (exact) mass is 326 g/mol. The summed E-state index contributed by atoms with van der Waals surface area (Å²) in [5.41, 5.74) is 7.29. The fourth-order valence-corrected chi connectivity index (χ4v) is 2.02. The summed E-state index contributed by atoms with van der Waals surface area (Å²) in [6.07, 6.45) is 0. The lowest BCUT2D eigenvalue weighted by Gasteiger charge is -2.09. The summed E-state index contributed by atoms with van der Waals surface area (Å²) in [7, 11) is 1.55. The van der Waals surface area contributed by atoms with Gasteiger partial charge in [-0.1, -0.05) is 6.07 Å². The lowest BCUT2D eigenvalue weighted by molar-refractivity contribution is -0.114. The van der Waals surface area contributed by atoms with E-state index in [1.807, 2.05) is 0 Å². The van der Waals surface area contributed by atoms with Crippen molar-refractivity contribution in [3.8, 4) is 0 Å². The van der Waals surface area contributed by atoms with Gasteiger partial charge in [0.25, 0.3) is 5.91 Å². The molecule has 0 aliphatic carbocycles. The number of hydrogen-bond acceptors (Lipinski definition) is 4. The van der Waals surface area contributed by atoms with Crippen molar-refractivity contribution in [3.63, 3.8) is 0 Å². The lowest BCUT2D eigenvalue weighted by Crippen LogP contribution is -2.22. The smallest absolute Gasteiger partial charge is 0.251 e. The van der Waals surface area contributed by atoms with Gasteiger partial charge in [-0.15, -0.1) is 0 Å². The van der Waals surface area contributed by atoms with Crippen molar-refractivity contribution in [1.82, 2.24) is 5.32 Å². The van der Waals surface area contributed by atoms with E-state index >= 15 is 0 Å². The van der Waals surface area contributed by atoms with Crippen molar-refractivity contribution in [2.75, 3.05) is 24.2 Å². The zero-order valence-corrected chi connectivity index (χ0v) is 13.1. The van der Waals surface area contributed by atoms with E-state index in [4.69, 9.17) is 5.73 Å². The van der Waals surface area contributed by atoms with E-state index < -0.39 is 5.91 Å². The highest BCUT2D eigenvalue weighted by Gasteiger charge is 2.06. The number of carbonyl (C=O) groups excluding carboxylic acids is 3. The standard InChI is InChI=1S/C17H18N4O3/c1-19-17(24)11-5-7-13(8-6-11)21-15(22)10-20-14-4-2-3-12(9-14)16(18)23/h2-9,20H,10H2,1H3,(H2,18,23)(H,19,24)(H,21,22). The lowest BCUT2D eigenvalue weighted by atomic mass is 10.2. The highest BCUT2D eigenvalue weighted by Crippen LogP contribution is 2.11. The van der Waals surface area contributed by atoms with Crippen molar-refractivity contribution < 1.29 is 14.4 Å². The molecule has 0 atom stereocenters. The number of primary amides is 1. The second-order valence-corrected chi connectivity index (χ2v) is 5.00. The Bertz CT molecular complexity index is 757. The molecule has 2 aromatic carbocycles. The number of rotatable bonds is 6. The third-order valence-corrected chi connectivity index (χ3v) is 3.26. The largest absolute Gasteiger partial charge is 0.376 e. The Kier molecular flexibility index (Phi) is 5.51. The molecule has 124 valence electrons. The van der Waals surface area contributed by atoms with Crippen LogP contribution >= 0.6 is 0 Å². The van der Waals surface area contributed by atoms with Gasteiger partial charge in [0.05, 0.1) is 6.54 Å². The van der Waals surface area contributed by atoms with Gasteiger partial charge in [-0.05, 0) is 42.5 Å². The summed E-state index contributed by atoms with van der Waals surface area (Å²) < 4.78 is 0. The maximum atomic E-state index is 11.9. The molecule has 0 unspecified atom stereocenters. The van der Waals surface area contributed by atoms with Crippen molar-refractivity contribution in [1.29, 1.82) is 0 Å². The van der Waals surface area contributed by atoms with Crippen LogP contribution in [0.5, 0.6) is 0 Å². The molecule has 0 aromatic heterocycles. The van der Waals surface area contributed by atoms with Crippen LogP contribution in [0.2, 0.25) is 0 Å². The molecule has 0 radical (unpaired) electrons. The maximum absolute atomic E-state index is 11.9. The first-order valence-corrected chi connectivity index (χ1v) is 7.25. The molecular formula is C17H18N4O3. The number of nitrogens with two attached hydrogens (primary N) is 1. The van der Waals surface area contributed by atoms with Crippen LogP contribution in [0.4, 0.5) is 11.4 Å². The van der Waals surface area contributed by atoms with Crippen molar-refractivity contribution in [2.45, 2.75) is 0 Å². The minimum absolute atomic E-state index is 0.0272. The Morgan fingerprint density at radius 1 is 0.958 bits per heavy atom. The minimum atomic E-state index is -0.528. The highest BCUT2D eigenvalue weighted by atomic mass is 16.2. The molecule has 0 heterocycles. The summed E-state index contributed by atoms with van der Waals surface area (Å²) in [6.45, 7) is 0.0272. The second-order valence-electron chi connectivity index (χ2n) is 5.00. The topological polar surface area (TPSA) is 113 Å². The Labute approximate surface area is 139 Å². The van der Waals surface area contributed by atoms with E-state index in [2.05, 4.69) is 16.0 Å². The van der Waals surface area contributed by atoms with E-state index in [9.17, 15) is 14.4 Å². The van der Waals surface area contributed by atoms with Gasteiger partial charge in [0.1, 0.15) is 0 Å². The summed E-state index contributed by atoms with van der Waals surface area (Å²) in [5, 5.41) is 8.15. The first-order valence-electron chi connectivity index (χ1n) is 7.25. The molecule has 7 heteroatoms. The van der Waals surface area contributed by atoms with Crippen LogP contribution in [0.1, 0.15) is 20.7 Å². The molecule has 5 N–H and O–H groups in total. The van der Waals surface area contributed by atoms with Gasteiger partial charge < -0.3 is 21.7 Å². The van der Waals surface area contributed by atoms with Crippen LogP contribution in [0.15, 0.2) is 48.5 Å². The Morgan fingerprint density at radius 3 is 2.29 bits per heavy atom. The zero-order valence-electron chi connectivity index (χ0n) is 13.1. The van der Waals surface area contributed by atoms with E-state index in [-0.39, 0.29) is 18.4 Å². The summed E-state index contributed by atoms with van der Waals surface area (Å²) in [6, 6.07) is 13.1. The van der Waals surface area contributed by atoms with Crippen LogP contribution in [0.3, 0.4) is 0 Å². The van der Waals surface area contributed by atoms with E-state index in [0.29, 0.717) is 22.5 Å². The SMILES string of the molecule is CNC(=O)c1ccc(NC(=O)CNc2cccc(C(N)=O)c2)cc1. The summed E-state index contributed by atoms with van der Waals surface area (Å²) in [4.78, 5) is 34.5. The normalized spacial score (nSPS) is 9.88. The molecule has 0 aliphatic rings. The van der Waals surface area contributed by atoms with Gasteiger partial charge in [-0.3, -0.25) is 14.4 Å². The Morgan fingerprint density at radius 2 is 1.67 bits per heavy atom. The van der Waals surface area contributed by atoms with E-state index in [1.54, 1.807) is 55.6 Å².